The third-order valence-electron chi connectivity index (χ3n) is 4.74. The van der Waals surface area contributed by atoms with Crippen molar-refractivity contribution in [1.82, 2.24) is 14.5 Å². The highest BCUT2D eigenvalue weighted by Crippen LogP contribution is 2.32. The number of hydrogen-bond acceptors (Lipinski definition) is 3. The molecule has 0 aliphatic heterocycles. The Hall–Kier alpha value is -2.84. The molecule has 1 heterocycles. The van der Waals surface area contributed by atoms with E-state index in [0.29, 0.717) is 29.6 Å². The van der Waals surface area contributed by atoms with Gasteiger partial charge in [0, 0.05) is 43.2 Å². The van der Waals surface area contributed by atoms with Crippen LogP contribution in [0.1, 0.15) is 27.3 Å². The van der Waals surface area contributed by atoms with E-state index in [9.17, 15) is 18.0 Å². The first-order chi connectivity index (χ1) is 14.8. The number of hydrogen-bond donors (Lipinski definition) is 0. The Kier molecular flexibility index (Phi) is 7.35. The minimum atomic E-state index is -4.45. The molecule has 0 saturated carbocycles. The molecule has 0 aliphatic rings. The number of ether oxygens (including phenoxy) is 1. The van der Waals surface area contributed by atoms with Crippen LogP contribution in [0, 0.1) is 0 Å². The van der Waals surface area contributed by atoms with Gasteiger partial charge in [-0.1, -0.05) is 29.8 Å². The van der Waals surface area contributed by atoms with Crippen molar-refractivity contribution < 1.29 is 22.7 Å². The van der Waals surface area contributed by atoms with Gasteiger partial charge < -0.3 is 14.2 Å². The predicted octanol–water partition coefficient (Wildman–Crippen LogP) is 4.89. The zero-order chi connectivity index (χ0) is 22.4. The molecule has 31 heavy (non-hydrogen) atoms. The molecular weight excluding hydrogens is 431 g/mol. The average Bonchev–Trinajstić information content (AvgIpc) is 3.17. The molecule has 1 amide bonds. The number of amides is 1. The molecular formula is C22H21ClF3N3O2. The van der Waals surface area contributed by atoms with E-state index in [1.807, 2.05) is 0 Å². The lowest BCUT2D eigenvalue weighted by molar-refractivity contribution is -0.138. The maximum atomic E-state index is 13.3. The molecule has 3 aromatic rings. The average molecular weight is 452 g/mol. The largest absolute Gasteiger partial charge is 0.416 e. The summed E-state index contributed by atoms with van der Waals surface area (Å²) in [5.41, 5.74) is -0.120. The molecule has 0 radical (unpaired) electrons. The second-order valence-electron chi connectivity index (χ2n) is 6.85. The van der Waals surface area contributed by atoms with Crippen molar-refractivity contribution in [2.24, 2.45) is 0 Å². The summed E-state index contributed by atoms with van der Waals surface area (Å²) in [6.45, 7) is 0.700. The molecule has 1 aromatic heterocycles. The zero-order valence-electron chi connectivity index (χ0n) is 16.8. The summed E-state index contributed by atoms with van der Waals surface area (Å²) < 4.78 is 46.8. The van der Waals surface area contributed by atoms with E-state index in [-0.39, 0.29) is 24.6 Å². The molecule has 0 saturated heterocycles. The van der Waals surface area contributed by atoms with Crippen LogP contribution in [0.3, 0.4) is 0 Å². The van der Waals surface area contributed by atoms with Crippen LogP contribution in [0.4, 0.5) is 13.2 Å². The van der Waals surface area contributed by atoms with E-state index in [1.165, 1.54) is 25.4 Å². The molecule has 0 unspecified atom stereocenters. The highest BCUT2D eigenvalue weighted by atomic mass is 35.5. The standard InChI is InChI=1S/C22H21ClF3N3O2/c1-31-13-12-29(21(30)16-6-8-18(23)9-7-16)15-20-27-10-11-28(20)14-17-4-2-3-5-19(17)22(24,25)26/h2-11H,12-15H2,1H3. The van der Waals surface area contributed by atoms with Crippen molar-refractivity contribution in [3.05, 3.63) is 88.5 Å². The van der Waals surface area contributed by atoms with Crippen LogP contribution in [0.2, 0.25) is 5.02 Å². The van der Waals surface area contributed by atoms with E-state index in [1.54, 1.807) is 46.0 Å². The van der Waals surface area contributed by atoms with Crippen LogP contribution < -0.4 is 0 Å². The van der Waals surface area contributed by atoms with Gasteiger partial charge in [0.05, 0.1) is 18.7 Å². The van der Waals surface area contributed by atoms with Crippen molar-refractivity contribution in [2.75, 3.05) is 20.3 Å². The minimum absolute atomic E-state index is 0.0156. The van der Waals surface area contributed by atoms with Gasteiger partial charge in [-0.3, -0.25) is 4.79 Å². The number of nitrogens with zero attached hydrogens (tertiary/aromatic N) is 3. The topological polar surface area (TPSA) is 47.4 Å². The molecule has 0 aliphatic carbocycles. The minimum Gasteiger partial charge on any atom is -0.383 e. The van der Waals surface area contributed by atoms with Gasteiger partial charge in [0.25, 0.3) is 5.91 Å². The fraction of sp³-hybridized carbons (Fsp3) is 0.273. The highest BCUT2D eigenvalue weighted by Gasteiger charge is 2.33. The molecule has 0 fully saturated rings. The van der Waals surface area contributed by atoms with Gasteiger partial charge in [0.1, 0.15) is 5.82 Å². The summed E-state index contributed by atoms with van der Waals surface area (Å²) in [7, 11) is 1.53. The fourth-order valence-corrected chi connectivity index (χ4v) is 3.28. The number of aromatic nitrogens is 2. The van der Waals surface area contributed by atoms with E-state index >= 15 is 0 Å². The number of imidazole rings is 1. The van der Waals surface area contributed by atoms with E-state index in [4.69, 9.17) is 16.3 Å². The van der Waals surface area contributed by atoms with Crippen LogP contribution in [0.5, 0.6) is 0 Å². The van der Waals surface area contributed by atoms with E-state index < -0.39 is 11.7 Å². The van der Waals surface area contributed by atoms with Gasteiger partial charge in [-0.25, -0.2) is 4.98 Å². The number of halogens is 4. The SMILES string of the molecule is COCCN(Cc1nccn1Cc1ccccc1C(F)(F)F)C(=O)c1ccc(Cl)cc1. The fourth-order valence-electron chi connectivity index (χ4n) is 3.15. The lowest BCUT2D eigenvalue weighted by Crippen LogP contribution is -2.34. The van der Waals surface area contributed by atoms with Crippen molar-refractivity contribution in [3.8, 4) is 0 Å². The van der Waals surface area contributed by atoms with Gasteiger partial charge in [0.15, 0.2) is 0 Å². The first kappa shape index (κ1) is 22.8. The summed E-state index contributed by atoms with van der Waals surface area (Å²) in [5, 5.41) is 0.513. The lowest BCUT2D eigenvalue weighted by Gasteiger charge is -2.23. The lowest BCUT2D eigenvalue weighted by atomic mass is 10.1. The summed E-state index contributed by atoms with van der Waals surface area (Å²) in [4.78, 5) is 18.8. The Labute approximate surface area is 183 Å². The molecule has 3 rings (SSSR count). The van der Waals surface area contributed by atoms with Crippen molar-refractivity contribution >= 4 is 17.5 Å². The van der Waals surface area contributed by atoms with E-state index in [2.05, 4.69) is 4.98 Å². The molecule has 0 atom stereocenters. The first-order valence-electron chi connectivity index (χ1n) is 9.48. The Balaban J connectivity index is 1.84. The Morgan fingerprint density at radius 2 is 1.87 bits per heavy atom. The number of alkyl halides is 3. The second-order valence-corrected chi connectivity index (χ2v) is 7.29. The molecule has 2 aromatic carbocycles. The predicted molar refractivity (Wildman–Crippen MR) is 111 cm³/mol. The van der Waals surface area contributed by atoms with Gasteiger partial charge >= 0.3 is 6.18 Å². The summed E-state index contributed by atoms with van der Waals surface area (Å²) in [6.07, 6.45) is -1.34. The van der Waals surface area contributed by atoms with Gasteiger partial charge in [-0.15, -0.1) is 0 Å². The number of methoxy groups -OCH3 is 1. The third kappa shape index (κ3) is 5.86. The van der Waals surface area contributed by atoms with Crippen LogP contribution in [0.25, 0.3) is 0 Å². The molecule has 0 bridgehead atoms. The first-order valence-corrected chi connectivity index (χ1v) is 9.86. The normalized spacial score (nSPS) is 11.5. The van der Waals surface area contributed by atoms with E-state index in [0.717, 1.165) is 6.07 Å². The molecule has 164 valence electrons. The number of benzene rings is 2. The molecule has 0 spiro atoms. The van der Waals surface area contributed by atoms with Gasteiger partial charge in [0.2, 0.25) is 0 Å². The van der Waals surface area contributed by atoms with Crippen molar-refractivity contribution in [3.63, 3.8) is 0 Å². The highest BCUT2D eigenvalue weighted by molar-refractivity contribution is 6.30. The van der Waals surface area contributed by atoms with Crippen LogP contribution in [-0.4, -0.2) is 40.6 Å². The maximum Gasteiger partial charge on any atom is 0.416 e. The van der Waals surface area contributed by atoms with Crippen LogP contribution >= 0.6 is 11.6 Å². The van der Waals surface area contributed by atoms with Crippen LogP contribution in [-0.2, 0) is 24.0 Å². The number of rotatable bonds is 8. The zero-order valence-corrected chi connectivity index (χ0v) is 17.5. The number of carbonyl (C=O) groups excluding carboxylic acids is 1. The van der Waals surface area contributed by atoms with Gasteiger partial charge in [-0.05, 0) is 35.9 Å². The summed E-state index contributed by atoms with van der Waals surface area (Å²) in [5.74, 6) is 0.217. The summed E-state index contributed by atoms with van der Waals surface area (Å²) >= 11 is 5.90. The second kappa shape index (κ2) is 9.98. The summed E-state index contributed by atoms with van der Waals surface area (Å²) in [6, 6.07) is 11.9. The maximum absolute atomic E-state index is 13.3. The van der Waals surface area contributed by atoms with Crippen molar-refractivity contribution in [1.29, 1.82) is 0 Å². The van der Waals surface area contributed by atoms with Crippen molar-refractivity contribution in [2.45, 2.75) is 19.3 Å². The van der Waals surface area contributed by atoms with Crippen LogP contribution in [0.15, 0.2) is 60.9 Å². The molecule has 9 heteroatoms. The quantitative estimate of drug-likeness (QED) is 0.490. The third-order valence-corrected chi connectivity index (χ3v) is 4.99. The Morgan fingerprint density at radius 3 is 2.55 bits per heavy atom. The smallest absolute Gasteiger partial charge is 0.383 e. The molecule has 5 nitrogen and oxygen atoms in total. The Bertz CT molecular complexity index is 1020. The van der Waals surface area contributed by atoms with Gasteiger partial charge in [-0.2, -0.15) is 13.2 Å². The molecule has 0 N–H and O–H groups in total. The Morgan fingerprint density at radius 1 is 1.16 bits per heavy atom. The monoisotopic (exact) mass is 451 g/mol. The number of carbonyl (C=O) groups is 1.